The molecule has 2 aliphatic heterocycles. The van der Waals surface area contributed by atoms with Crippen LogP contribution < -0.4 is 0 Å². The van der Waals surface area contributed by atoms with Gasteiger partial charge in [-0.15, -0.1) is 0 Å². The molecule has 2 saturated carbocycles. The van der Waals surface area contributed by atoms with Gasteiger partial charge in [-0.1, -0.05) is 0 Å². The number of rotatable bonds is 14. The van der Waals surface area contributed by atoms with E-state index >= 15 is 0 Å². The predicted molar refractivity (Wildman–Crippen MR) is 137 cm³/mol. The highest BCUT2D eigenvalue weighted by Crippen LogP contribution is 2.42. The summed E-state index contributed by atoms with van der Waals surface area (Å²) in [5, 5.41) is 0. The molecule has 2 saturated heterocycles. The molecule has 4 rings (SSSR count). The van der Waals surface area contributed by atoms with Crippen LogP contribution in [0.5, 0.6) is 0 Å². The van der Waals surface area contributed by atoms with Crippen molar-refractivity contribution >= 4 is 17.4 Å². The third-order valence-electron chi connectivity index (χ3n) is 8.05. The van der Waals surface area contributed by atoms with Gasteiger partial charge < -0.3 is 31.6 Å². The predicted octanol–water partition coefficient (Wildman–Crippen LogP) is 5.30. The molecular weight excluding hydrogens is 468 g/mol. The van der Waals surface area contributed by atoms with E-state index in [1.807, 2.05) is 20.8 Å². The van der Waals surface area contributed by atoms with Crippen molar-refractivity contribution in [2.75, 3.05) is 34.0 Å². The highest BCUT2D eigenvalue weighted by Gasteiger charge is 2.46. The first-order valence-electron chi connectivity index (χ1n) is 13.7. The second kappa shape index (κ2) is 13.6. The van der Waals surface area contributed by atoms with Gasteiger partial charge >= 0.3 is 17.4 Å². The Bertz CT molecular complexity index is 575. The maximum Gasteiger partial charge on any atom is 0.500 e. The lowest BCUT2D eigenvalue weighted by molar-refractivity contribution is 0.0691. The highest BCUT2D eigenvalue weighted by molar-refractivity contribution is 6.65. The van der Waals surface area contributed by atoms with Gasteiger partial charge in [-0.3, -0.25) is 0 Å². The van der Waals surface area contributed by atoms with Crippen LogP contribution in [0.4, 0.5) is 0 Å². The molecule has 0 aromatic heterocycles. The van der Waals surface area contributed by atoms with Crippen LogP contribution in [0.1, 0.15) is 72.1 Å². The van der Waals surface area contributed by atoms with Crippen molar-refractivity contribution in [3.63, 3.8) is 0 Å². The van der Waals surface area contributed by atoms with Crippen LogP contribution in [-0.4, -0.2) is 75.8 Å². The summed E-state index contributed by atoms with van der Waals surface area (Å²) in [5.41, 5.74) is 0. The summed E-state index contributed by atoms with van der Waals surface area (Å²) in [7, 11) is -0.710. The van der Waals surface area contributed by atoms with Gasteiger partial charge in [0.1, 0.15) is 0 Å². The Morgan fingerprint density at radius 2 is 1.09 bits per heavy atom. The lowest BCUT2D eigenvalue weighted by atomic mass is 9.88. The van der Waals surface area contributed by atoms with Crippen molar-refractivity contribution in [3.8, 4) is 0 Å². The molecule has 0 spiro atoms. The molecule has 0 N–H and O–H groups in total. The molecule has 9 heteroatoms. The summed E-state index contributed by atoms with van der Waals surface area (Å²) in [4.78, 5) is 0. The highest BCUT2D eigenvalue weighted by atomic mass is 28.4. The zero-order chi connectivity index (χ0) is 24.6. The molecule has 7 nitrogen and oxygen atoms in total. The number of fused-ring (bicyclic) bond motifs is 2. The minimum Gasteiger partial charge on any atom is -0.398 e. The van der Waals surface area contributed by atoms with Crippen molar-refractivity contribution in [2.24, 2.45) is 11.8 Å². The van der Waals surface area contributed by atoms with Gasteiger partial charge in [0.15, 0.2) is 0 Å². The molecule has 6 atom stereocenters. The molecule has 6 unspecified atom stereocenters. The summed E-state index contributed by atoms with van der Waals surface area (Å²) >= 11 is 0. The molecular formula is C25H50O7Si2. The Hall–Kier alpha value is 0.154. The van der Waals surface area contributed by atoms with Gasteiger partial charge in [0, 0.05) is 40.1 Å². The van der Waals surface area contributed by atoms with Crippen molar-refractivity contribution in [1.29, 1.82) is 0 Å². The number of ether oxygens (including phenoxy) is 2. The maximum atomic E-state index is 5.90. The first-order chi connectivity index (χ1) is 16.4. The fourth-order valence-corrected chi connectivity index (χ4v) is 9.91. The third kappa shape index (κ3) is 8.62. The molecule has 0 radical (unpaired) electrons. The van der Waals surface area contributed by atoms with Crippen LogP contribution in [0.3, 0.4) is 0 Å². The molecule has 0 amide bonds. The molecule has 200 valence electrons. The number of hydrogen-bond acceptors (Lipinski definition) is 7. The Kier molecular flexibility index (Phi) is 11.5. The molecule has 4 aliphatic rings. The zero-order valence-corrected chi connectivity index (χ0v) is 24.5. The summed E-state index contributed by atoms with van der Waals surface area (Å²) in [6.45, 7) is 10.2. The van der Waals surface area contributed by atoms with Gasteiger partial charge in [0.2, 0.25) is 0 Å². The molecule has 0 bridgehead atoms. The van der Waals surface area contributed by atoms with Gasteiger partial charge in [-0.05, 0) is 96.6 Å². The van der Waals surface area contributed by atoms with Gasteiger partial charge in [0.05, 0.1) is 24.4 Å². The summed E-state index contributed by atoms with van der Waals surface area (Å²) in [6, 6.07) is 2.06. The summed E-state index contributed by atoms with van der Waals surface area (Å²) in [6.07, 6.45) is 12.4. The average molecular weight is 519 g/mol. The van der Waals surface area contributed by atoms with Gasteiger partial charge in [-0.2, -0.15) is 0 Å². The van der Waals surface area contributed by atoms with Gasteiger partial charge in [-0.25, -0.2) is 0 Å². The molecule has 2 aliphatic carbocycles. The normalized spacial score (nSPS) is 32.3. The Morgan fingerprint density at radius 3 is 1.47 bits per heavy atom. The molecule has 0 aromatic carbocycles. The van der Waals surface area contributed by atoms with Crippen molar-refractivity contribution < 1.29 is 31.6 Å². The standard InChI is InChI=1S/C14H28O4Si.C11H22O3Si/c1-4-15-19(16-5-2,17-6-3)10-9-12-7-8-13-14(11-12)18-13;1-12-15(3,13-2)7-6-9-4-5-10-11(8-9)14-10/h12-14H,4-11H2,1-3H3;9-11H,4-8H2,1-3H3. The summed E-state index contributed by atoms with van der Waals surface area (Å²) < 4.78 is 39.8. The van der Waals surface area contributed by atoms with Crippen molar-refractivity contribution in [2.45, 2.75) is 115 Å². The van der Waals surface area contributed by atoms with E-state index in [-0.39, 0.29) is 0 Å². The number of epoxide rings is 2. The summed E-state index contributed by atoms with van der Waals surface area (Å²) in [5.74, 6) is 1.60. The Morgan fingerprint density at radius 1 is 0.647 bits per heavy atom. The molecule has 34 heavy (non-hydrogen) atoms. The first-order valence-corrected chi connectivity index (χ1v) is 18.2. The molecule has 4 fully saturated rings. The largest absolute Gasteiger partial charge is 0.500 e. The quantitative estimate of drug-likeness (QED) is 0.228. The zero-order valence-electron chi connectivity index (χ0n) is 22.5. The van der Waals surface area contributed by atoms with E-state index in [1.54, 1.807) is 14.2 Å². The van der Waals surface area contributed by atoms with E-state index in [1.165, 1.54) is 44.9 Å². The Balaban J connectivity index is 0.000000196. The molecule has 0 aromatic rings. The van der Waals surface area contributed by atoms with E-state index in [4.69, 9.17) is 31.6 Å². The van der Waals surface area contributed by atoms with Crippen molar-refractivity contribution in [1.82, 2.24) is 0 Å². The second-order valence-corrected chi connectivity index (χ2v) is 16.7. The van der Waals surface area contributed by atoms with Gasteiger partial charge in [0.25, 0.3) is 0 Å². The Labute approximate surface area is 210 Å². The monoisotopic (exact) mass is 518 g/mol. The van der Waals surface area contributed by atoms with E-state index in [9.17, 15) is 0 Å². The third-order valence-corrected chi connectivity index (χ3v) is 14.1. The smallest absolute Gasteiger partial charge is 0.398 e. The van der Waals surface area contributed by atoms with Crippen molar-refractivity contribution in [3.05, 3.63) is 0 Å². The lowest BCUT2D eigenvalue weighted by Gasteiger charge is -2.30. The first kappa shape index (κ1) is 28.7. The minimum atomic E-state index is -2.43. The topological polar surface area (TPSA) is 71.2 Å². The maximum absolute atomic E-state index is 5.90. The second-order valence-electron chi connectivity index (χ2n) is 10.4. The fraction of sp³-hybridized carbons (Fsp3) is 1.00. The van der Waals surface area contributed by atoms with E-state index in [0.717, 1.165) is 30.3 Å². The average Bonchev–Trinajstić information content (AvgIpc) is 3.76. The van der Waals surface area contributed by atoms with E-state index in [2.05, 4.69) is 6.55 Å². The van der Waals surface area contributed by atoms with Crippen LogP contribution >= 0.6 is 0 Å². The fourth-order valence-electron chi connectivity index (χ4n) is 5.63. The van der Waals surface area contributed by atoms with Crippen LogP contribution in [-0.2, 0) is 31.6 Å². The minimum absolute atomic E-state index is 0.557. The lowest BCUT2D eigenvalue weighted by Crippen LogP contribution is -2.46. The number of hydrogen-bond donors (Lipinski definition) is 0. The van der Waals surface area contributed by atoms with E-state index in [0.29, 0.717) is 44.2 Å². The van der Waals surface area contributed by atoms with Crippen LogP contribution in [0, 0.1) is 11.8 Å². The SMILES string of the molecule is CCO[Si](CCC1CCC2OC2C1)(OCC)OCC.CO[Si](C)(CCC1CCC2OC2C1)OC. The van der Waals surface area contributed by atoms with E-state index < -0.39 is 17.4 Å². The molecule has 2 heterocycles. The van der Waals surface area contributed by atoms with Crippen LogP contribution in [0.15, 0.2) is 0 Å². The van der Waals surface area contributed by atoms with Crippen LogP contribution in [0.2, 0.25) is 18.6 Å². The van der Waals surface area contributed by atoms with Crippen LogP contribution in [0.25, 0.3) is 0 Å².